The first-order valence-corrected chi connectivity index (χ1v) is 11.5. The molecular formula is C21H21BrN6O3S. The summed E-state index contributed by atoms with van der Waals surface area (Å²) in [5, 5.41) is 22.9. The summed E-state index contributed by atoms with van der Waals surface area (Å²) in [7, 11) is 0. The summed E-state index contributed by atoms with van der Waals surface area (Å²) >= 11 is 4.81. The first-order chi connectivity index (χ1) is 15.3. The van der Waals surface area contributed by atoms with E-state index in [0.29, 0.717) is 33.9 Å². The van der Waals surface area contributed by atoms with Crippen LogP contribution in [-0.2, 0) is 0 Å². The van der Waals surface area contributed by atoms with E-state index in [4.69, 9.17) is 16.2 Å². The van der Waals surface area contributed by atoms with Gasteiger partial charge in [0.25, 0.3) is 0 Å². The molecule has 0 aliphatic carbocycles. The SMILES string of the molecule is C[C@]1(COc2ccc3cc(Br)c(N)nc3c2)S[C@@H](n2ccc3c(N)ncnc32)[C@H](O)[C@@H]1O. The average molecular weight is 517 g/mol. The Hall–Kier alpha value is -2.60. The average Bonchev–Trinajstić information content (AvgIpc) is 3.29. The number of aromatic nitrogens is 4. The van der Waals surface area contributed by atoms with E-state index in [2.05, 4.69) is 30.9 Å². The Morgan fingerprint density at radius 2 is 2.00 bits per heavy atom. The minimum Gasteiger partial charge on any atom is -0.492 e. The second kappa shape index (κ2) is 7.77. The quantitative estimate of drug-likeness (QED) is 0.321. The maximum absolute atomic E-state index is 10.9. The third kappa shape index (κ3) is 3.45. The predicted molar refractivity (Wildman–Crippen MR) is 128 cm³/mol. The van der Waals surface area contributed by atoms with Gasteiger partial charge >= 0.3 is 0 Å². The van der Waals surface area contributed by atoms with Gasteiger partial charge in [-0.15, -0.1) is 11.8 Å². The molecule has 3 aromatic heterocycles. The first-order valence-electron chi connectivity index (χ1n) is 9.86. The summed E-state index contributed by atoms with van der Waals surface area (Å²) in [6.45, 7) is 2.05. The van der Waals surface area contributed by atoms with Crippen LogP contribution in [0.15, 0.2) is 47.3 Å². The van der Waals surface area contributed by atoms with Crippen LogP contribution < -0.4 is 16.2 Å². The van der Waals surface area contributed by atoms with Crippen molar-refractivity contribution in [2.45, 2.75) is 29.3 Å². The van der Waals surface area contributed by atoms with E-state index in [1.165, 1.54) is 18.1 Å². The van der Waals surface area contributed by atoms with Crippen molar-refractivity contribution in [3.05, 3.63) is 47.3 Å². The van der Waals surface area contributed by atoms with Crippen LogP contribution in [0.3, 0.4) is 0 Å². The van der Waals surface area contributed by atoms with Crippen LogP contribution in [0, 0.1) is 0 Å². The fourth-order valence-electron chi connectivity index (χ4n) is 3.92. The van der Waals surface area contributed by atoms with E-state index in [0.717, 1.165) is 9.86 Å². The number of anilines is 2. The summed E-state index contributed by atoms with van der Waals surface area (Å²) in [6, 6.07) is 9.26. The van der Waals surface area contributed by atoms with Crippen molar-refractivity contribution in [1.29, 1.82) is 0 Å². The highest BCUT2D eigenvalue weighted by Gasteiger charge is 2.52. The van der Waals surface area contributed by atoms with Crippen molar-refractivity contribution in [1.82, 2.24) is 19.5 Å². The Bertz CT molecular complexity index is 1330. The topological polar surface area (TPSA) is 145 Å². The molecule has 0 unspecified atom stereocenters. The summed E-state index contributed by atoms with van der Waals surface area (Å²) < 4.78 is 7.81. The summed E-state index contributed by atoms with van der Waals surface area (Å²) in [5.74, 6) is 1.37. The highest BCUT2D eigenvalue weighted by molar-refractivity contribution is 9.10. The molecule has 11 heteroatoms. The minimum atomic E-state index is -1.02. The Balaban J connectivity index is 1.38. The number of pyridine rings is 1. The van der Waals surface area contributed by atoms with Crippen LogP contribution in [0.1, 0.15) is 12.3 Å². The number of hydrogen-bond acceptors (Lipinski definition) is 9. The molecule has 6 N–H and O–H groups in total. The molecule has 4 aromatic rings. The van der Waals surface area contributed by atoms with E-state index in [1.807, 2.05) is 35.8 Å². The third-order valence-corrected chi connectivity index (χ3v) is 8.02. The number of hydrogen-bond donors (Lipinski definition) is 4. The zero-order valence-corrected chi connectivity index (χ0v) is 19.4. The minimum absolute atomic E-state index is 0.181. The second-order valence-corrected chi connectivity index (χ2v) is 10.5. The highest BCUT2D eigenvalue weighted by Crippen LogP contribution is 2.50. The zero-order chi connectivity index (χ0) is 22.6. The van der Waals surface area contributed by atoms with Crippen LogP contribution in [0.4, 0.5) is 11.6 Å². The van der Waals surface area contributed by atoms with Crippen LogP contribution in [-0.4, -0.2) is 53.3 Å². The molecule has 1 fully saturated rings. The van der Waals surface area contributed by atoms with Gasteiger partial charge in [0, 0.05) is 17.6 Å². The number of aliphatic hydroxyl groups is 2. The van der Waals surface area contributed by atoms with Gasteiger partial charge in [-0.25, -0.2) is 15.0 Å². The van der Waals surface area contributed by atoms with Gasteiger partial charge in [0.15, 0.2) is 0 Å². The molecule has 0 radical (unpaired) electrons. The van der Waals surface area contributed by atoms with Gasteiger partial charge in [0.05, 0.1) is 20.1 Å². The molecule has 0 saturated carbocycles. The molecule has 9 nitrogen and oxygen atoms in total. The lowest BCUT2D eigenvalue weighted by Gasteiger charge is -2.27. The number of nitrogens with two attached hydrogens (primary N) is 2. The number of halogens is 1. The second-order valence-electron chi connectivity index (χ2n) is 7.97. The van der Waals surface area contributed by atoms with E-state index in [-0.39, 0.29) is 6.61 Å². The fraction of sp³-hybridized carbons (Fsp3) is 0.286. The number of ether oxygens (including phenoxy) is 1. The van der Waals surface area contributed by atoms with Crippen LogP contribution >= 0.6 is 27.7 Å². The van der Waals surface area contributed by atoms with E-state index < -0.39 is 22.3 Å². The Kier molecular flexibility index (Phi) is 5.16. The van der Waals surface area contributed by atoms with E-state index in [1.54, 1.807) is 12.3 Å². The lowest BCUT2D eigenvalue weighted by molar-refractivity contribution is -0.00661. The Morgan fingerprint density at radius 3 is 2.81 bits per heavy atom. The Morgan fingerprint density at radius 1 is 1.19 bits per heavy atom. The number of fused-ring (bicyclic) bond motifs is 2. The van der Waals surface area contributed by atoms with E-state index >= 15 is 0 Å². The first kappa shape index (κ1) is 21.3. The van der Waals surface area contributed by atoms with Gasteiger partial charge in [0.2, 0.25) is 0 Å². The molecule has 0 spiro atoms. The van der Waals surface area contributed by atoms with Crippen LogP contribution in [0.5, 0.6) is 5.75 Å². The summed E-state index contributed by atoms with van der Waals surface area (Å²) in [5.41, 5.74) is 13.1. The van der Waals surface area contributed by atoms with Crippen molar-refractivity contribution >= 4 is 61.3 Å². The van der Waals surface area contributed by atoms with Crippen molar-refractivity contribution < 1.29 is 14.9 Å². The number of aliphatic hydroxyl groups excluding tert-OH is 2. The van der Waals surface area contributed by atoms with Gasteiger partial charge < -0.3 is 31.0 Å². The zero-order valence-electron chi connectivity index (χ0n) is 17.0. The Labute approximate surface area is 195 Å². The molecule has 1 saturated heterocycles. The molecule has 1 aliphatic rings. The molecule has 0 amide bonds. The van der Waals surface area contributed by atoms with E-state index in [9.17, 15) is 10.2 Å². The highest BCUT2D eigenvalue weighted by atomic mass is 79.9. The number of benzene rings is 1. The van der Waals surface area contributed by atoms with Gasteiger partial charge in [-0.3, -0.25) is 0 Å². The molecule has 4 heterocycles. The number of nitrogens with zero attached hydrogens (tertiary/aromatic N) is 4. The van der Waals surface area contributed by atoms with Crippen LogP contribution in [0.2, 0.25) is 0 Å². The predicted octanol–water partition coefficient (Wildman–Crippen LogP) is 2.71. The number of thioether (sulfide) groups is 1. The van der Waals surface area contributed by atoms with Crippen LogP contribution in [0.25, 0.3) is 21.9 Å². The maximum Gasteiger partial charge on any atom is 0.146 e. The van der Waals surface area contributed by atoms with Crippen molar-refractivity contribution in [2.75, 3.05) is 18.1 Å². The van der Waals surface area contributed by atoms with Crippen molar-refractivity contribution in [3.8, 4) is 5.75 Å². The van der Waals surface area contributed by atoms with Gasteiger partial charge in [0.1, 0.15) is 53.5 Å². The number of rotatable bonds is 4. The molecule has 1 aromatic carbocycles. The summed E-state index contributed by atoms with van der Waals surface area (Å²) in [6.07, 6.45) is 1.15. The van der Waals surface area contributed by atoms with Gasteiger partial charge in [-0.2, -0.15) is 0 Å². The summed E-state index contributed by atoms with van der Waals surface area (Å²) in [4.78, 5) is 12.7. The smallest absolute Gasteiger partial charge is 0.146 e. The largest absolute Gasteiger partial charge is 0.492 e. The van der Waals surface area contributed by atoms with Gasteiger partial charge in [-0.05, 0) is 47.1 Å². The molecule has 4 atom stereocenters. The van der Waals surface area contributed by atoms with Crippen molar-refractivity contribution in [2.24, 2.45) is 0 Å². The molecular weight excluding hydrogens is 496 g/mol. The molecule has 1 aliphatic heterocycles. The molecule has 32 heavy (non-hydrogen) atoms. The molecule has 0 bridgehead atoms. The lowest BCUT2D eigenvalue weighted by atomic mass is 10.00. The lowest BCUT2D eigenvalue weighted by Crippen LogP contribution is -2.43. The van der Waals surface area contributed by atoms with Gasteiger partial charge in [-0.1, -0.05) is 0 Å². The fourth-order valence-corrected chi connectivity index (χ4v) is 5.79. The molecule has 166 valence electrons. The molecule has 5 rings (SSSR count). The normalized spacial score (nSPS) is 25.6. The standard InChI is InChI=1S/C21H21BrN6O3S/c1-21(8-31-11-3-2-10-6-13(22)18(24)27-14(10)7-11)16(30)15(29)20(32-21)28-5-4-12-17(23)25-9-26-19(12)28/h2-7,9,15-16,20,29-30H,8H2,1H3,(H2,24,27)(H2,23,25,26)/t15-,16+,20-,21-/m1/s1. The number of nitrogen functional groups attached to an aromatic ring is 2. The third-order valence-electron chi connectivity index (χ3n) is 5.74. The maximum atomic E-state index is 10.9. The van der Waals surface area contributed by atoms with Crippen molar-refractivity contribution in [3.63, 3.8) is 0 Å². The monoisotopic (exact) mass is 516 g/mol.